The maximum absolute atomic E-state index is 12.3. The molecule has 5 nitrogen and oxygen atoms in total. The minimum absolute atomic E-state index is 0.116. The molecule has 0 heterocycles. The van der Waals surface area contributed by atoms with Crippen LogP contribution in [0.3, 0.4) is 0 Å². The third-order valence-corrected chi connectivity index (χ3v) is 5.81. The number of carboxylic acid groups (broad SMARTS) is 1. The highest BCUT2D eigenvalue weighted by atomic mass is 32.2. The van der Waals surface area contributed by atoms with E-state index in [0.29, 0.717) is 18.4 Å². The van der Waals surface area contributed by atoms with Gasteiger partial charge in [0.1, 0.15) is 10.6 Å². The van der Waals surface area contributed by atoms with Crippen LogP contribution in [0.2, 0.25) is 0 Å². The summed E-state index contributed by atoms with van der Waals surface area (Å²) in [6.07, 6.45) is 3.74. The summed E-state index contributed by atoms with van der Waals surface area (Å²) < 4.78 is 29.8. The summed E-state index contributed by atoms with van der Waals surface area (Å²) in [6.45, 7) is 1.88. The zero-order valence-electron chi connectivity index (χ0n) is 14.4. The van der Waals surface area contributed by atoms with Crippen molar-refractivity contribution in [2.45, 2.75) is 37.0 Å². The fourth-order valence-electron chi connectivity index (χ4n) is 3.01. The Labute approximate surface area is 153 Å². The van der Waals surface area contributed by atoms with E-state index < -0.39 is 16.1 Å². The molecule has 0 saturated heterocycles. The van der Waals surface area contributed by atoms with Crippen molar-refractivity contribution in [2.24, 2.45) is 0 Å². The highest BCUT2D eigenvalue weighted by Gasteiger charge is 2.20. The second-order valence-electron chi connectivity index (χ2n) is 6.43. The van der Waals surface area contributed by atoms with Gasteiger partial charge in [0.2, 0.25) is 0 Å². The van der Waals surface area contributed by atoms with Crippen LogP contribution in [0.5, 0.6) is 5.75 Å². The summed E-state index contributed by atoms with van der Waals surface area (Å²) in [7, 11) is -3.86. The molecule has 0 spiro atoms. The van der Waals surface area contributed by atoms with E-state index in [-0.39, 0.29) is 16.6 Å². The predicted molar refractivity (Wildman–Crippen MR) is 97.7 cm³/mol. The number of aryl methyl sites for hydroxylation is 1. The second-order valence-corrected chi connectivity index (χ2v) is 7.97. The first-order valence-electron chi connectivity index (χ1n) is 8.38. The topological polar surface area (TPSA) is 80.7 Å². The molecule has 1 N–H and O–H groups in total. The van der Waals surface area contributed by atoms with Crippen LogP contribution < -0.4 is 4.18 Å². The van der Waals surface area contributed by atoms with Crippen molar-refractivity contribution in [1.29, 1.82) is 0 Å². The molecule has 1 unspecified atom stereocenters. The van der Waals surface area contributed by atoms with Gasteiger partial charge in [-0.15, -0.1) is 0 Å². The van der Waals surface area contributed by atoms with Gasteiger partial charge in [-0.1, -0.05) is 35.9 Å². The summed E-state index contributed by atoms with van der Waals surface area (Å²) in [4.78, 5) is 11.1. The number of carboxylic acids is 1. The molecule has 0 radical (unpaired) electrons. The van der Waals surface area contributed by atoms with Crippen LogP contribution in [0.1, 0.15) is 36.3 Å². The summed E-state index contributed by atoms with van der Waals surface area (Å²) in [5, 5.41) is 9.01. The zero-order chi connectivity index (χ0) is 18.7. The van der Waals surface area contributed by atoms with Crippen molar-refractivity contribution < 1.29 is 22.5 Å². The molecule has 6 heteroatoms. The van der Waals surface area contributed by atoms with Crippen LogP contribution in [0.15, 0.2) is 65.1 Å². The van der Waals surface area contributed by atoms with Gasteiger partial charge < -0.3 is 9.29 Å². The van der Waals surface area contributed by atoms with Crippen molar-refractivity contribution in [3.63, 3.8) is 0 Å². The molecule has 1 aliphatic carbocycles. The van der Waals surface area contributed by atoms with Gasteiger partial charge >= 0.3 is 16.1 Å². The smallest absolute Gasteiger partial charge is 0.339 e. The standard InChI is InChI=1S/C20H20O5S/c1-14-2-12-19(13-3-14)26(23,24)25-18-10-8-16(9-11-18)15-4-6-17(7-5-15)20(21)22/h2-3,6,8-13,15H,4-5,7H2,1H3,(H,21,22). The molecule has 2 aromatic rings. The van der Waals surface area contributed by atoms with E-state index in [1.807, 2.05) is 19.1 Å². The molecule has 0 aromatic heterocycles. The van der Waals surface area contributed by atoms with Crippen LogP contribution in [0, 0.1) is 6.92 Å². The lowest BCUT2D eigenvalue weighted by Crippen LogP contribution is -2.11. The lowest BCUT2D eigenvalue weighted by molar-refractivity contribution is -0.132. The Morgan fingerprint density at radius 2 is 1.73 bits per heavy atom. The van der Waals surface area contributed by atoms with Gasteiger partial charge in [0.15, 0.2) is 0 Å². The monoisotopic (exact) mass is 372 g/mol. The van der Waals surface area contributed by atoms with E-state index in [2.05, 4.69) is 0 Å². The molecule has 3 rings (SSSR count). The minimum atomic E-state index is -3.86. The highest BCUT2D eigenvalue weighted by Crippen LogP contribution is 2.33. The molecule has 0 fully saturated rings. The molecular weight excluding hydrogens is 352 g/mol. The SMILES string of the molecule is Cc1ccc(S(=O)(=O)Oc2ccc(C3CC=C(C(=O)O)CC3)cc2)cc1. The number of aliphatic carboxylic acids is 1. The van der Waals surface area contributed by atoms with Gasteiger partial charge in [-0.05, 0) is 61.9 Å². The zero-order valence-corrected chi connectivity index (χ0v) is 15.2. The van der Waals surface area contributed by atoms with Crippen LogP contribution >= 0.6 is 0 Å². The lowest BCUT2D eigenvalue weighted by Gasteiger charge is -2.20. The third kappa shape index (κ3) is 4.14. The van der Waals surface area contributed by atoms with Crippen molar-refractivity contribution in [1.82, 2.24) is 0 Å². The van der Waals surface area contributed by atoms with E-state index in [1.165, 1.54) is 12.1 Å². The first-order chi connectivity index (χ1) is 12.3. The third-order valence-electron chi connectivity index (χ3n) is 4.55. The van der Waals surface area contributed by atoms with Crippen LogP contribution in [-0.4, -0.2) is 19.5 Å². The minimum Gasteiger partial charge on any atom is -0.478 e. The highest BCUT2D eigenvalue weighted by molar-refractivity contribution is 7.87. The van der Waals surface area contributed by atoms with Gasteiger partial charge in [-0.2, -0.15) is 8.42 Å². The van der Waals surface area contributed by atoms with Gasteiger partial charge in [-0.3, -0.25) is 0 Å². The van der Waals surface area contributed by atoms with Gasteiger partial charge in [-0.25, -0.2) is 4.79 Å². The van der Waals surface area contributed by atoms with Gasteiger partial charge in [0.05, 0.1) is 0 Å². The average Bonchev–Trinajstić information content (AvgIpc) is 2.62. The number of hydrogen-bond donors (Lipinski definition) is 1. The van der Waals surface area contributed by atoms with E-state index in [9.17, 15) is 13.2 Å². The first-order valence-corrected chi connectivity index (χ1v) is 9.79. The fraction of sp³-hybridized carbons (Fsp3) is 0.250. The van der Waals surface area contributed by atoms with Crippen molar-refractivity contribution in [3.8, 4) is 5.75 Å². The lowest BCUT2D eigenvalue weighted by atomic mass is 9.84. The molecular formula is C20H20O5S. The Morgan fingerprint density at radius 3 is 2.27 bits per heavy atom. The van der Waals surface area contributed by atoms with E-state index >= 15 is 0 Å². The number of benzene rings is 2. The largest absolute Gasteiger partial charge is 0.478 e. The predicted octanol–water partition coefficient (Wildman–Crippen LogP) is 4.04. The maximum Gasteiger partial charge on any atom is 0.339 e. The quantitative estimate of drug-likeness (QED) is 0.801. The number of carbonyl (C=O) groups is 1. The second kappa shape index (κ2) is 7.33. The van der Waals surface area contributed by atoms with Crippen molar-refractivity contribution >= 4 is 16.1 Å². The first kappa shape index (κ1) is 18.2. The number of rotatable bonds is 5. The van der Waals surface area contributed by atoms with Gasteiger partial charge in [0.25, 0.3) is 0 Å². The van der Waals surface area contributed by atoms with Crippen LogP contribution in [0.25, 0.3) is 0 Å². The summed E-state index contributed by atoms with van der Waals surface area (Å²) in [5.74, 6) is -0.360. The summed E-state index contributed by atoms with van der Waals surface area (Å²) >= 11 is 0. The van der Waals surface area contributed by atoms with E-state index in [0.717, 1.165) is 17.5 Å². The van der Waals surface area contributed by atoms with Crippen molar-refractivity contribution in [3.05, 3.63) is 71.3 Å². The van der Waals surface area contributed by atoms with Crippen molar-refractivity contribution in [2.75, 3.05) is 0 Å². The molecule has 26 heavy (non-hydrogen) atoms. The Kier molecular flexibility index (Phi) is 5.13. The fourth-order valence-corrected chi connectivity index (χ4v) is 3.94. The number of hydrogen-bond acceptors (Lipinski definition) is 4. The molecule has 1 atom stereocenters. The molecule has 0 bridgehead atoms. The molecule has 0 amide bonds. The summed E-state index contributed by atoms with van der Waals surface area (Å²) in [5.41, 5.74) is 2.48. The Hall–Kier alpha value is -2.60. The van der Waals surface area contributed by atoms with E-state index in [4.69, 9.17) is 9.29 Å². The van der Waals surface area contributed by atoms with Gasteiger partial charge in [0, 0.05) is 5.57 Å². The van der Waals surface area contributed by atoms with Crippen LogP contribution in [0.4, 0.5) is 0 Å². The Balaban J connectivity index is 1.70. The molecule has 0 saturated carbocycles. The molecule has 0 aliphatic heterocycles. The Morgan fingerprint density at radius 1 is 1.08 bits per heavy atom. The number of allylic oxidation sites excluding steroid dienone is 1. The van der Waals surface area contributed by atoms with E-state index in [1.54, 1.807) is 30.3 Å². The molecule has 2 aromatic carbocycles. The average molecular weight is 372 g/mol. The van der Waals surface area contributed by atoms with Crippen LogP contribution in [-0.2, 0) is 14.9 Å². The molecule has 136 valence electrons. The normalized spacial score (nSPS) is 17.4. The summed E-state index contributed by atoms with van der Waals surface area (Å²) in [6, 6.07) is 13.4. The molecule has 1 aliphatic rings. The Bertz CT molecular complexity index is 925. The maximum atomic E-state index is 12.3.